The first-order valence-electron chi connectivity index (χ1n) is 7.28. The molecule has 10 heteroatoms. The molecule has 146 valence electrons. The van der Waals surface area contributed by atoms with E-state index in [-0.39, 0.29) is 17.5 Å². The average molecular weight is 412 g/mol. The molecule has 0 aliphatic heterocycles. The van der Waals surface area contributed by atoms with E-state index in [0.717, 1.165) is 0 Å². The Morgan fingerprint density at radius 1 is 0.963 bits per heavy atom. The van der Waals surface area contributed by atoms with Crippen molar-refractivity contribution in [1.29, 1.82) is 0 Å². The maximum Gasteiger partial charge on any atom is 0.416 e. The number of aryl methyl sites for hydroxylation is 1. The lowest BCUT2D eigenvalue weighted by atomic mass is 10.0. The van der Waals surface area contributed by atoms with E-state index in [0.29, 0.717) is 22.7 Å². The van der Waals surface area contributed by atoms with E-state index in [1.54, 1.807) is 6.92 Å². The number of carbonyl (C=O) groups excluding carboxylic acids is 1. The highest BCUT2D eigenvalue weighted by Gasteiger charge is 2.37. The largest absolute Gasteiger partial charge is 0.495 e. The van der Waals surface area contributed by atoms with Gasteiger partial charge in [-0.15, -0.1) is 0 Å². The second kappa shape index (κ2) is 7.30. The Morgan fingerprint density at radius 2 is 1.48 bits per heavy atom. The quantitative estimate of drug-likeness (QED) is 0.634. The summed E-state index contributed by atoms with van der Waals surface area (Å²) in [5.74, 6) is -1.06. The van der Waals surface area contributed by atoms with Crippen molar-refractivity contribution in [3.63, 3.8) is 0 Å². The summed E-state index contributed by atoms with van der Waals surface area (Å²) in [6.07, 6.45) is -10.1. The highest BCUT2D eigenvalue weighted by atomic mass is 35.5. The maximum atomic E-state index is 12.9. The van der Waals surface area contributed by atoms with E-state index in [4.69, 9.17) is 16.3 Å². The van der Waals surface area contributed by atoms with E-state index in [2.05, 4.69) is 5.32 Å². The predicted molar refractivity (Wildman–Crippen MR) is 87.1 cm³/mol. The molecule has 0 spiro atoms. The molecular formula is C17H12ClF6NO2. The molecule has 0 aromatic heterocycles. The lowest BCUT2D eigenvalue weighted by Gasteiger charge is -2.15. The van der Waals surface area contributed by atoms with Crippen molar-refractivity contribution in [2.24, 2.45) is 0 Å². The van der Waals surface area contributed by atoms with Gasteiger partial charge in [-0.25, -0.2) is 0 Å². The number of alkyl halides is 6. The van der Waals surface area contributed by atoms with Crippen LogP contribution in [0.5, 0.6) is 5.75 Å². The molecule has 0 aliphatic carbocycles. The van der Waals surface area contributed by atoms with E-state index < -0.39 is 35.0 Å². The Kier molecular flexibility index (Phi) is 5.65. The molecule has 0 bridgehead atoms. The van der Waals surface area contributed by atoms with Gasteiger partial charge in [0.15, 0.2) is 0 Å². The number of nitrogens with one attached hydrogen (secondary N) is 1. The molecule has 2 rings (SSSR count). The molecule has 3 nitrogen and oxygen atoms in total. The molecule has 0 atom stereocenters. The molecule has 0 heterocycles. The lowest BCUT2D eigenvalue weighted by molar-refractivity contribution is -0.143. The van der Waals surface area contributed by atoms with Gasteiger partial charge in [0.2, 0.25) is 0 Å². The molecule has 2 aromatic carbocycles. The first-order valence-corrected chi connectivity index (χ1v) is 7.65. The molecule has 0 fully saturated rings. The number of carbonyl (C=O) groups is 1. The first kappa shape index (κ1) is 20.9. The van der Waals surface area contributed by atoms with Gasteiger partial charge in [-0.05, 0) is 36.8 Å². The number of amides is 1. The zero-order chi connectivity index (χ0) is 20.6. The van der Waals surface area contributed by atoms with Gasteiger partial charge < -0.3 is 10.1 Å². The molecule has 1 amide bonds. The van der Waals surface area contributed by atoms with Crippen LogP contribution < -0.4 is 10.1 Å². The minimum atomic E-state index is -5.05. The number of hydrogen-bond acceptors (Lipinski definition) is 2. The molecule has 0 saturated carbocycles. The molecule has 0 saturated heterocycles. The monoisotopic (exact) mass is 411 g/mol. The van der Waals surface area contributed by atoms with Crippen molar-refractivity contribution in [1.82, 2.24) is 0 Å². The minimum Gasteiger partial charge on any atom is -0.495 e. The normalized spacial score (nSPS) is 12.0. The van der Waals surface area contributed by atoms with Crippen molar-refractivity contribution in [2.45, 2.75) is 19.3 Å². The summed E-state index contributed by atoms with van der Waals surface area (Å²) >= 11 is 5.92. The van der Waals surface area contributed by atoms with Crippen LogP contribution in [0.25, 0.3) is 0 Å². The summed E-state index contributed by atoms with van der Waals surface area (Å²) in [5, 5.41) is 2.55. The number of rotatable bonds is 3. The van der Waals surface area contributed by atoms with Crippen LogP contribution in [0, 0.1) is 6.92 Å². The number of benzene rings is 2. The first-order chi connectivity index (χ1) is 12.3. The molecule has 2 aromatic rings. The van der Waals surface area contributed by atoms with Crippen LogP contribution in [0.1, 0.15) is 27.0 Å². The van der Waals surface area contributed by atoms with Gasteiger partial charge >= 0.3 is 12.4 Å². The van der Waals surface area contributed by atoms with Crippen LogP contribution in [0.15, 0.2) is 30.3 Å². The fourth-order valence-electron chi connectivity index (χ4n) is 2.21. The van der Waals surface area contributed by atoms with Crippen molar-refractivity contribution in [3.8, 4) is 5.75 Å². The van der Waals surface area contributed by atoms with Crippen LogP contribution in [-0.2, 0) is 12.4 Å². The third kappa shape index (κ3) is 4.85. The van der Waals surface area contributed by atoms with Gasteiger partial charge in [-0.3, -0.25) is 4.79 Å². The number of hydrogen-bond donors (Lipinski definition) is 1. The summed E-state index contributed by atoms with van der Waals surface area (Å²) in [5.41, 5.74) is -3.39. The average Bonchev–Trinajstić information content (AvgIpc) is 2.55. The predicted octanol–water partition coefficient (Wildman–Crippen LogP) is 5.95. The number of anilines is 1. The van der Waals surface area contributed by atoms with Crippen molar-refractivity contribution in [3.05, 3.63) is 57.6 Å². The van der Waals surface area contributed by atoms with E-state index in [1.807, 2.05) is 0 Å². The fraction of sp³-hybridized carbons (Fsp3) is 0.235. The van der Waals surface area contributed by atoms with E-state index in [9.17, 15) is 31.1 Å². The second-order valence-electron chi connectivity index (χ2n) is 5.55. The van der Waals surface area contributed by atoms with Crippen molar-refractivity contribution < 1.29 is 35.9 Å². The molecule has 1 N–H and O–H groups in total. The Balaban J connectivity index is 2.49. The third-order valence-corrected chi connectivity index (χ3v) is 3.99. The minimum absolute atomic E-state index is 0.0513. The Hall–Kier alpha value is -2.42. The Morgan fingerprint density at radius 3 is 1.93 bits per heavy atom. The van der Waals surface area contributed by atoms with Gasteiger partial charge in [0.1, 0.15) is 5.75 Å². The van der Waals surface area contributed by atoms with Gasteiger partial charge in [0, 0.05) is 16.7 Å². The molecule has 0 aliphatic rings. The van der Waals surface area contributed by atoms with Crippen LogP contribution in [0.4, 0.5) is 32.0 Å². The van der Waals surface area contributed by atoms with Crippen molar-refractivity contribution in [2.75, 3.05) is 12.4 Å². The van der Waals surface area contributed by atoms with Crippen molar-refractivity contribution >= 4 is 23.2 Å². The molecule has 0 unspecified atom stereocenters. The van der Waals surface area contributed by atoms with Gasteiger partial charge in [-0.2, -0.15) is 26.3 Å². The lowest BCUT2D eigenvalue weighted by Crippen LogP contribution is -2.17. The summed E-state index contributed by atoms with van der Waals surface area (Å²) in [7, 11) is 1.27. The third-order valence-electron chi connectivity index (χ3n) is 3.58. The maximum absolute atomic E-state index is 12.9. The van der Waals surface area contributed by atoms with Gasteiger partial charge in [-0.1, -0.05) is 11.6 Å². The molecule has 27 heavy (non-hydrogen) atoms. The van der Waals surface area contributed by atoms with Crippen LogP contribution in [0.2, 0.25) is 5.02 Å². The second-order valence-corrected chi connectivity index (χ2v) is 5.96. The van der Waals surface area contributed by atoms with Gasteiger partial charge in [0.25, 0.3) is 5.91 Å². The van der Waals surface area contributed by atoms with E-state index >= 15 is 0 Å². The summed E-state index contributed by atoms with van der Waals surface area (Å²) in [6, 6.07) is 3.39. The smallest absolute Gasteiger partial charge is 0.416 e. The van der Waals surface area contributed by atoms with Crippen LogP contribution >= 0.6 is 11.6 Å². The number of ether oxygens (including phenoxy) is 1. The topological polar surface area (TPSA) is 38.3 Å². The zero-order valence-electron chi connectivity index (χ0n) is 13.8. The summed E-state index contributed by atoms with van der Waals surface area (Å²) < 4.78 is 82.5. The molecular weight excluding hydrogens is 400 g/mol. The number of halogens is 7. The highest BCUT2D eigenvalue weighted by Crippen LogP contribution is 2.37. The molecule has 0 radical (unpaired) electrons. The SMILES string of the molecule is COc1cc(Cl)c(C)cc1NC(=O)c1cc(C(F)(F)F)cc(C(F)(F)F)c1. The summed E-state index contributed by atoms with van der Waals surface area (Å²) in [4.78, 5) is 12.3. The standard InChI is InChI=1S/C17H12ClF6NO2/c1-8-3-13(14(27-2)7-12(8)18)25-15(26)9-4-10(16(19,20)21)6-11(5-9)17(22,23)24/h3-7H,1-2H3,(H,25,26). The number of methoxy groups -OCH3 is 1. The zero-order valence-corrected chi connectivity index (χ0v) is 14.6. The summed E-state index contributed by atoms with van der Waals surface area (Å²) in [6.45, 7) is 1.60. The van der Waals surface area contributed by atoms with E-state index in [1.165, 1.54) is 19.2 Å². The Labute approximate surface area is 154 Å². The van der Waals surface area contributed by atoms with Crippen LogP contribution in [-0.4, -0.2) is 13.0 Å². The highest BCUT2D eigenvalue weighted by molar-refractivity contribution is 6.31. The Bertz CT molecular complexity index is 845. The fourth-order valence-corrected chi connectivity index (χ4v) is 2.36. The van der Waals surface area contributed by atoms with Crippen LogP contribution in [0.3, 0.4) is 0 Å². The van der Waals surface area contributed by atoms with Gasteiger partial charge in [0.05, 0.1) is 23.9 Å².